The summed E-state index contributed by atoms with van der Waals surface area (Å²) in [7, 11) is 0. The molecule has 0 aromatic rings. The number of hydrogen-bond donors (Lipinski definition) is 3. The molecule has 0 rings (SSSR count). The largest absolute Gasteiger partial charge is 0.394 e. The highest BCUT2D eigenvalue weighted by Gasteiger charge is 2.17. The quantitative estimate of drug-likeness (QED) is 0.0455. The van der Waals surface area contributed by atoms with Crippen molar-refractivity contribution in [2.75, 3.05) is 6.61 Å². The van der Waals surface area contributed by atoms with E-state index in [1.54, 1.807) is 6.08 Å². The fourth-order valence-corrected chi connectivity index (χ4v) is 6.63. The predicted octanol–water partition coefficient (Wildman–Crippen LogP) is 12.9. The zero-order chi connectivity index (χ0) is 34.5. The Labute approximate surface area is 295 Å². The summed E-state index contributed by atoms with van der Waals surface area (Å²) >= 11 is 0. The molecule has 4 nitrogen and oxygen atoms in total. The molecule has 0 aromatic carbocycles. The van der Waals surface area contributed by atoms with Crippen molar-refractivity contribution in [3.63, 3.8) is 0 Å². The van der Waals surface area contributed by atoms with Crippen LogP contribution in [-0.2, 0) is 4.79 Å². The van der Waals surface area contributed by atoms with Crippen LogP contribution in [0.5, 0.6) is 0 Å². The van der Waals surface area contributed by atoms with Crippen LogP contribution in [0.4, 0.5) is 0 Å². The number of amides is 1. The van der Waals surface area contributed by atoms with E-state index in [9.17, 15) is 15.0 Å². The van der Waals surface area contributed by atoms with Gasteiger partial charge in [0.1, 0.15) is 0 Å². The molecule has 47 heavy (non-hydrogen) atoms. The first kappa shape index (κ1) is 46.1. The number of allylic oxidation sites excluding steroid dienone is 1. The molecule has 0 aliphatic rings. The number of nitrogens with one attached hydrogen (secondary N) is 1. The number of unbranched alkanes of at least 4 members (excludes halogenated alkanes) is 28. The van der Waals surface area contributed by atoms with Crippen LogP contribution in [-0.4, -0.2) is 34.9 Å². The van der Waals surface area contributed by atoms with Crippen LogP contribution in [0.25, 0.3) is 0 Å². The highest BCUT2D eigenvalue weighted by molar-refractivity contribution is 5.76. The van der Waals surface area contributed by atoms with Crippen molar-refractivity contribution in [1.29, 1.82) is 0 Å². The van der Waals surface area contributed by atoms with Crippen molar-refractivity contribution in [2.24, 2.45) is 5.92 Å². The Hall–Kier alpha value is -0.870. The zero-order valence-electron chi connectivity index (χ0n) is 32.2. The van der Waals surface area contributed by atoms with Crippen LogP contribution < -0.4 is 5.32 Å². The highest BCUT2D eigenvalue weighted by atomic mass is 16.3. The Kier molecular flexibility index (Phi) is 37.2. The smallest absolute Gasteiger partial charge is 0.220 e. The van der Waals surface area contributed by atoms with E-state index in [2.05, 4.69) is 26.1 Å². The summed E-state index contributed by atoms with van der Waals surface area (Å²) in [5.74, 6) is 0.822. The molecule has 0 aliphatic heterocycles. The molecule has 3 N–H and O–H groups in total. The van der Waals surface area contributed by atoms with E-state index in [1.165, 1.54) is 180 Å². The third-order valence-electron chi connectivity index (χ3n) is 10.3. The molecular weight excluding hydrogens is 578 g/mol. The van der Waals surface area contributed by atoms with Crippen molar-refractivity contribution in [2.45, 2.75) is 245 Å². The Morgan fingerprint density at radius 1 is 0.574 bits per heavy atom. The minimum Gasteiger partial charge on any atom is -0.394 e. The van der Waals surface area contributed by atoms with Gasteiger partial charge in [-0.15, -0.1) is 0 Å². The molecule has 0 radical (unpaired) electrons. The summed E-state index contributed by atoms with van der Waals surface area (Å²) < 4.78 is 0. The molecule has 0 saturated heterocycles. The second-order valence-electron chi connectivity index (χ2n) is 15.0. The van der Waals surface area contributed by atoms with Crippen LogP contribution in [0, 0.1) is 5.92 Å². The number of carbonyl (C=O) groups excluding carboxylic acids is 1. The first-order chi connectivity index (χ1) is 23.0. The third kappa shape index (κ3) is 34.8. The molecule has 0 saturated carbocycles. The Morgan fingerprint density at radius 3 is 1.36 bits per heavy atom. The van der Waals surface area contributed by atoms with Crippen LogP contribution >= 0.6 is 0 Å². The summed E-state index contributed by atoms with van der Waals surface area (Å²) in [5.41, 5.74) is 0. The van der Waals surface area contributed by atoms with Gasteiger partial charge >= 0.3 is 0 Å². The summed E-state index contributed by atoms with van der Waals surface area (Å²) in [6.07, 6.45) is 45.9. The summed E-state index contributed by atoms with van der Waals surface area (Å²) in [6.45, 7) is 6.69. The maximum Gasteiger partial charge on any atom is 0.220 e. The monoisotopic (exact) mass is 664 g/mol. The van der Waals surface area contributed by atoms with Gasteiger partial charge in [0.25, 0.3) is 0 Å². The van der Waals surface area contributed by atoms with Crippen molar-refractivity contribution in [1.82, 2.24) is 5.32 Å². The standard InChI is InChI=1S/C43H85NO3/c1-4-6-7-8-9-10-11-12-13-14-15-16-17-18-19-20-21-26-29-32-35-38-43(47)44-41(39-45)42(46)37-34-31-28-25-23-22-24-27-30-33-36-40(3)5-2/h34,37,40-42,45-46H,4-33,35-36,38-39H2,1-3H3,(H,44,47)/b37-34+/t40-,41-,42+/m0/s1. The molecule has 280 valence electrons. The molecule has 0 fully saturated rings. The first-order valence-corrected chi connectivity index (χ1v) is 21.3. The summed E-state index contributed by atoms with van der Waals surface area (Å²) in [6, 6.07) is -0.617. The number of aliphatic hydroxyl groups is 2. The maximum absolute atomic E-state index is 12.4. The van der Waals surface area contributed by atoms with E-state index in [0.29, 0.717) is 6.42 Å². The molecule has 4 heteroatoms. The fraction of sp³-hybridized carbons (Fsp3) is 0.930. The summed E-state index contributed by atoms with van der Waals surface area (Å²) in [5, 5.41) is 23.0. The van der Waals surface area contributed by atoms with Gasteiger partial charge in [0.15, 0.2) is 0 Å². The van der Waals surface area contributed by atoms with E-state index >= 15 is 0 Å². The lowest BCUT2D eigenvalue weighted by Crippen LogP contribution is -2.45. The Balaban J connectivity index is 3.53. The van der Waals surface area contributed by atoms with Gasteiger partial charge in [-0.3, -0.25) is 4.79 Å². The van der Waals surface area contributed by atoms with Gasteiger partial charge in [0, 0.05) is 6.42 Å². The average molecular weight is 664 g/mol. The van der Waals surface area contributed by atoms with Crippen LogP contribution in [0.15, 0.2) is 12.2 Å². The topological polar surface area (TPSA) is 69.6 Å². The van der Waals surface area contributed by atoms with Gasteiger partial charge in [-0.25, -0.2) is 0 Å². The lowest BCUT2D eigenvalue weighted by molar-refractivity contribution is -0.123. The second-order valence-corrected chi connectivity index (χ2v) is 15.0. The molecule has 3 atom stereocenters. The molecule has 0 bridgehead atoms. The minimum absolute atomic E-state index is 0.0609. The van der Waals surface area contributed by atoms with Crippen LogP contribution in [0.3, 0.4) is 0 Å². The lowest BCUT2D eigenvalue weighted by Gasteiger charge is -2.20. The van der Waals surface area contributed by atoms with Crippen LogP contribution in [0.2, 0.25) is 0 Å². The Bertz CT molecular complexity index is 651. The number of carbonyl (C=O) groups is 1. The first-order valence-electron chi connectivity index (χ1n) is 21.3. The van der Waals surface area contributed by atoms with Gasteiger partial charge < -0.3 is 15.5 Å². The van der Waals surface area contributed by atoms with E-state index in [4.69, 9.17) is 0 Å². The van der Waals surface area contributed by atoms with Crippen molar-refractivity contribution in [3.05, 3.63) is 12.2 Å². The minimum atomic E-state index is -0.834. The van der Waals surface area contributed by atoms with Crippen molar-refractivity contribution >= 4 is 5.91 Å². The van der Waals surface area contributed by atoms with E-state index in [-0.39, 0.29) is 12.5 Å². The zero-order valence-corrected chi connectivity index (χ0v) is 32.2. The average Bonchev–Trinajstić information content (AvgIpc) is 3.08. The molecule has 0 heterocycles. The van der Waals surface area contributed by atoms with Crippen molar-refractivity contribution < 1.29 is 15.0 Å². The maximum atomic E-state index is 12.4. The van der Waals surface area contributed by atoms with Gasteiger partial charge in [-0.05, 0) is 25.2 Å². The van der Waals surface area contributed by atoms with E-state index in [0.717, 1.165) is 31.6 Å². The van der Waals surface area contributed by atoms with Crippen LogP contribution in [0.1, 0.15) is 233 Å². The number of aliphatic hydroxyl groups excluding tert-OH is 2. The van der Waals surface area contributed by atoms with E-state index < -0.39 is 12.1 Å². The second kappa shape index (κ2) is 37.9. The third-order valence-corrected chi connectivity index (χ3v) is 10.3. The van der Waals surface area contributed by atoms with Gasteiger partial charge in [0.05, 0.1) is 18.8 Å². The van der Waals surface area contributed by atoms with Gasteiger partial charge in [0.2, 0.25) is 5.91 Å². The fourth-order valence-electron chi connectivity index (χ4n) is 6.63. The number of hydrogen-bond acceptors (Lipinski definition) is 3. The molecule has 0 aliphatic carbocycles. The highest BCUT2D eigenvalue weighted by Crippen LogP contribution is 2.17. The number of rotatable bonds is 38. The molecule has 0 unspecified atom stereocenters. The molecule has 1 amide bonds. The molecule has 0 spiro atoms. The summed E-state index contributed by atoms with van der Waals surface area (Å²) in [4.78, 5) is 12.4. The van der Waals surface area contributed by atoms with Crippen molar-refractivity contribution in [3.8, 4) is 0 Å². The van der Waals surface area contributed by atoms with Gasteiger partial charge in [-0.2, -0.15) is 0 Å². The normalized spacial score (nSPS) is 13.7. The lowest BCUT2D eigenvalue weighted by atomic mass is 9.99. The van der Waals surface area contributed by atoms with Gasteiger partial charge in [-0.1, -0.05) is 219 Å². The molecule has 0 aromatic heterocycles. The Morgan fingerprint density at radius 2 is 0.957 bits per heavy atom. The molecular formula is C43H85NO3. The SMILES string of the molecule is CCCCCCCCCCCCCCCCCCCCCCCC(=O)N[C@@H](CO)[C@H](O)/C=C/CCCCCCCCCC[C@@H](C)CC. The predicted molar refractivity (Wildman–Crippen MR) is 207 cm³/mol. The van der Waals surface area contributed by atoms with E-state index in [1.807, 2.05) is 6.08 Å².